The van der Waals surface area contributed by atoms with Gasteiger partial charge in [0, 0.05) is 25.3 Å². The molecule has 2 atom stereocenters. The first-order chi connectivity index (χ1) is 9.02. The van der Waals surface area contributed by atoms with E-state index in [1.165, 1.54) is 0 Å². The van der Waals surface area contributed by atoms with Crippen LogP contribution in [0.1, 0.15) is 17.5 Å². The molecule has 19 heavy (non-hydrogen) atoms. The molecule has 1 aromatic rings. The third kappa shape index (κ3) is 2.86. The van der Waals surface area contributed by atoms with Crippen LogP contribution in [0.2, 0.25) is 0 Å². The molecule has 0 spiro atoms. The Hall–Kier alpha value is -1.64. The highest BCUT2D eigenvalue weighted by atomic mass is 16.3. The highest BCUT2D eigenvalue weighted by molar-refractivity contribution is 5.58. The van der Waals surface area contributed by atoms with Crippen molar-refractivity contribution in [3.8, 4) is 6.07 Å². The maximum Gasteiger partial charge on any atom is 0.147 e. The van der Waals surface area contributed by atoms with Gasteiger partial charge in [-0.05, 0) is 39.1 Å². The van der Waals surface area contributed by atoms with Gasteiger partial charge < -0.3 is 14.9 Å². The highest BCUT2D eigenvalue weighted by Gasteiger charge is 2.33. The number of likely N-dealkylation sites (N-methyl/N-ethyl adjacent to an activating group) is 1. The van der Waals surface area contributed by atoms with E-state index < -0.39 is 0 Å². The minimum atomic E-state index is -0.348. The van der Waals surface area contributed by atoms with Gasteiger partial charge in [-0.25, -0.2) is 4.98 Å². The van der Waals surface area contributed by atoms with Gasteiger partial charge in [-0.3, -0.25) is 0 Å². The van der Waals surface area contributed by atoms with Crippen LogP contribution in [-0.2, 0) is 0 Å². The van der Waals surface area contributed by atoms with Crippen LogP contribution < -0.4 is 4.90 Å². The van der Waals surface area contributed by atoms with Crippen molar-refractivity contribution in [2.75, 3.05) is 32.1 Å². The van der Waals surface area contributed by atoms with Gasteiger partial charge in [0.15, 0.2) is 0 Å². The SMILES string of the molecule is Cc1ccnc(N2CC(O)CC2CN(C)C)c1C#N. The van der Waals surface area contributed by atoms with Crippen molar-refractivity contribution in [1.82, 2.24) is 9.88 Å². The molecule has 5 nitrogen and oxygen atoms in total. The summed E-state index contributed by atoms with van der Waals surface area (Å²) in [5.74, 6) is 0.700. The summed E-state index contributed by atoms with van der Waals surface area (Å²) in [6, 6.07) is 4.27. The van der Waals surface area contributed by atoms with Gasteiger partial charge in [-0.15, -0.1) is 0 Å². The number of β-amino-alcohol motifs (C(OH)–C–C–N with tert-alkyl or cyclic N) is 1. The molecule has 1 saturated heterocycles. The molecule has 1 fully saturated rings. The molecule has 102 valence electrons. The lowest BCUT2D eigenvalue weighted by Gasteiger charge is -2.28. The molecule has 1 aromatic heterocycles. The fourth-order valence-electron chi connectivity index (χ4n) is 2.65. The van der Waals surface area contributed by atoms with E-state index in [-0.39, 0.29) is 12.1 Å². The Morgan fingerprint density at radius 1 is 1.58 bits per heavy atom. The molecule has 0 saturated carbocycles. The second kappa shape index (κ2) is 5.55. The zero-order valence-corrected chi connectivity index (χ0v) is 11.7. The average Bonchev–Trinajstić information content (AvgIpc) is 2.68. The molecule has 5 heteroatoms. The standard InChI is InChI=1S/C14H20N4O/c1-10-4-5-16-14(13(10)7-15)18-9-12(19)6-11(18)8-17(2)3/h4-5,11-12,19H,6,8-9H2,1-3H3. The van der Waals surface area contributed by atoms with E-state index in [0.717, 1.165) is 18.5 Å². The van der Waals surface area contributed by atoms with Crippen LogP contribution in [0.25, 0.3) is 0 Å². The number of nitrogens with zero attached hydrogens (tertiary/aromatic N) is 4. The molecule has 0 bridgehead atoms. The molecular weight excluding hydrogens is 240 g/mol. The number of aliphatic hydroxyl groups is 1. The van der Waals surface area contributed by atoms with Gasteiger partial charge in [0.1, 0.15) is 11.9 Å². The van der Waals surface area contributed by atoms with Crippen LogP contribution in [0.15, 0.2) is 12.3 Å². The molecule has 2 heterocycles. The molecule has 0 aromatic carbocycles. The van der Waals surface area contributed by atoms with Crippen LogP contribution in [0.3, 0.4) is 0 Å². The summed E-state index contributed by atoms with van der Waals surface area (Å²) < 4.78 is 0. The summed E-state index contributed by atoms with van der Waals surface area (Å²) in [5, 5.41) is 19.2. The molecule has 2 unspecified atom stereocenters. The monoisotopic (exact) mass is 260 g/mol. The summed E-state index contributed by atoms with van der Waals surface area (Å²) in [7, 11) is 4.02. The molecule has 2 rings (SSSR count). The zero-order valence-electron chi connectivity index (χ0n) is 11.7. The maximum atomic E-state index is 9.91. The Bertz CT molecular complexity index is 495. The first-order valence-corrected chi connectivity index (χ1v) is 6.48. The van der Waals surface area contributed by atoms with E-state index in [4.69, 9.17) is 0 Å². The van der Waals surface area contributed by atoms with E-state index in [0.29, 0.717) is 17.9 Å². The number of aliphatic hydroxyl groups excluding tert-OH is 1. The topological polar surface area (TPSA) is 63.4 Å². The van der Waals surface area contributed by atoms with Crippen molar-refractivity contribution in [1.29, 1.82) is 5.26 Å². The number of aromatic nitrogens is 1. The highest BCUT2D eigenvalue weighted by Crippen LogP contribution is 2.28. The lowest BCUT2D eigenvalue weighted by atomic mass is 10.1. The lowest BCUT2D eigenvalue weighted by Crippen LogP contribution is -2.38. The molecular formula is C14H20N4O. The molecule has 1 aliphatic heterocycles. The summed E-state index contributed by atoms with van der Waals surface area (Å²) in [6.07, 6.45) is 2.10. The van der Waals surface area contributed by atoms with Gasteiger partial charge in [-0.2, -0.15) is 5.26 Å². The summed E-state index contributed by atoms with van der Waals surface area (Å²) >= 11 is 0. The van der Waals surface area contributed by atoms with Gasteiger partial charge in [-0.1, -0.05) is 0 Å². The number of aryl methyl sites for hydroxylation is 1. The maximum absolute atomic E-state index is 9.91. The Labute approximate surface area is 114 Å². The van der Waals surface area contributed by atoms with Crippen LogP contribution >= 0.6 is 0 Å². The Morgan fingerprint density at radius 3 is 2.95 bits per heavy atom. The first-order valence-electron chi connectivity index (χ1n) is 6.48. The third-order valence-electron chi connectivity index (χ3n) is 3.49. The second-order valence-electron chi connectivity index (χ2n) is 5.40. The Kier molecular flexibility index (Phi) is 4.03. The second-order valence-corrected chi connectivity index (χ2v) is 5.40. The van der Waals surface area contributed by atoms with Crippen molar-refractivity contribution in [2.45, 2.75) is 25.5 Å². The van der Waals surface area contributed by atoms with E-state index in [2.05, 4.69) is 20.9 Å². The van der Waals surface area contributed by atoms with Gasteiger partial charge in [0.2, 0.25) is 0 Å². The minimum absolute atomic E-state index is 0.200. The number of hydrogen-bond acceptors (Lipinski definition) is 5. The van der Waals surface area contributed by atoms with E-state index in [9.17, 15) is 10.4 Å². The van der Waals surface area contributed by atoms with Crippen molar-refractivity contribution in [2.24, 2.45) is 0 Å². The van der Waals surface area contributed by atoms with Crippen molar-refractivity contribution in [3.63, 3.8) is 0 Å². The largest absolute Gasteiger partial charge is 0.391 e. The van der Waals surface area contributed by atoms with Crippen LogP contribution in [-0.4, -0.2) is 54.3 Å². The fraction of sp³-hybridized carbons (Fsp3) is 0.571. The average molecular weight is 260 g/mol. The van der Waals surface area contributed by atoms with Crippen LogP contribution in [0, 0.1) is 18.3 Å². The van der Waals surface area contributed by atoms with Gasteiger partial charge in [0.25, 0.3) is 0 Å². The fourth-order valence-corrected chi connectivity index (χ4v) is 2.65. The van der Waals surface area contributed by atoms with Gasteiger partial charge in [0.05, 0.1) is 11.7 Å². The third-order valence-corrected chi connectivity index (χ3v) is 3.49. The number of nitriles is 1. The molecule has 1 N–H and O–H groups in total. The van der Waals surface area contributed by atoms with E-state index in [1.807, 2.05) is 27.1 Å². The minimum Gasteiger partial charge on any atom is -0.391 e. The number of rotatable bonds is 3. The Morgan fingerprint density at radius 2 is 2.32 bits per heavy atom. The molecule has 0 aliphatic carbocycles. The summed E-state index contributed by atoms with van der Waals surface area (Å²) in [6.45, 7) is 3.30. The number of hydrogen-bond donors (Lipinski definition) is 1. The molecule has 1 aliphatic rings. The number of pyridine rings is 1. The molecule has 0 amide bonds. The quantitative estimate of drug-likeness (QED) is 0.869. The van der Waals surface area contributed by atoms with E-state index in [1.54, 1.807) is 6.20 Å². The van der Waals surface area contributed by atoms with Crippen LogP contribution in [0.4, 0.5) is 5.82 Å². The lowest BCUT2D eigenvalue weighted by molar-refractivity contribution is 0.191. The zero-order chi connectivity index (χ0) is 14.0. The first kappa shape index (κ1) is 13.8. The van der Waals surface area contributed by atoms with Crippen molar-refractivity contribution < 1.29 is 5.11 Å². The smallest absolute Gasteiger partial charge is 0.147 e. The normalized spacial score (nSPS) is 22.8. The summed E-state index contributed by atoms with van der Waals surface area (Å²) in [4.78, 5) is 8.52. The summed E-state index contributed by atoms with van der Waals surface area (Å²) in [5.41, 5.74) is 1.54. The molecule has 0 radical (unpaired) electrons. The van der Waals surface area contributed by atoms with E-state index >= 15 is 0 Å². The Balaban J connectivity index is 2.34. The van der Waals surface area contributed by atoms with Gasteiger partial charge >= 0.3 is 0 Å². The van der Waals surface area contributed by atoms with Crippen LogP contribution in [0.5, 0.6) is 0 Å². The van der Waals surface area contributed by atoms with Crippen molar-refractivity contribution in [3.05, 3.63) is 23.4 Å². The number of anilines is 1. The van der Waals surface area contributed by atoms with Crippen molar-refractivity contribution >= 4 is 5.82 Å². The predicted octanol–water partition coefficient (Wildman–Crippen LogP) is 0.763. The predicted molar refractivity (Wildman–Crippen MR) is 74.0 cm³/mol.